The molecule has 4 rings (SSSR count). The van der Waals surface area contributed by atoms with Crippen molar-refractivity contribution >= 4 is 20.9 Å². The lowest BCUT2D eigenvalue weighted by atomic mass is 10.0. The lowest BCUT2D eigenvalue weighted by Gasteiger charge is -2.07. The number of benzene rings is 3. The molecule has 0 aliphatic rings. The molecule has 0 aliphatic carbocycles. The molecular formula is C21H17NO3S. The van der Waals surface area contributed by atoms with Crippen LogP contribution < -0.4 is 4.74 Å². The average Bonchev–Trinajstić information content (AvgIpc) is 3.09. The number of fused-ring (bicyclic) bond motifs is 1. The second kappa shape index (κ2) is 6.35. The molecule has 0 atom stereocenters. The molecule has 1 heterocycles. The zero-order chi connectivity index (χ0) is 18.1. The van der Waals surface area contributed by atoms with E-state index in [-0.39, 0.29) is 4.90 Å². The average molecular weight is 363 g/mol. The maximum atomic E-state index is 13.2. The van der Waals surface area contributed by atoms with Crippen molar-refractivity contribution in [1.82, 2.24) is 3.97 Å². The Labute approximate surface area is 152 Å². The summed E-state index contributed by atoms with van der Waals surface area (Å²) in [5, 5.41) is 0.829. The first kappa shape index (κ1) is 16.4. The second-order valence-corrected chi connectivity index (χ2v) is 7.72. The van der Waals surface area contributed by atoms with Gasteiger partial charge in [0.1, 0.15) is 5.75 Å². The summed E-state index contributed by atoms with van der Waals surface area (Å²) in [6.45, 7) is 0. The summed E-state index contributed by atoms with van der Waals surface area (Å²) in [5.41, 5.74) is 2.42. The largest absolute Gasteiger partial charge is 0.497 e. The smallest absolute Gasteiger partial charge is 0.268 e. The molecule has 130 valence electrons. The SMILES string of the molecule is COc1ccc2c(c1)c(-c1ccccc1)cn2S(=O)(=O)c1ccccc1. The Morgan fingerprint density at radius 3 is 2.15 bits per heavy atom. The fourth-order valence-electron chi connectivity index (χ4n) is 3.06. The summed E-state index contributed by atoms with van der Waals surface area (Å²) < 4.78 is 33.0. The molecule has 1 aromatic heterocycles. The van der Waals surface area contributed by atoms with Crippen LogP contribution in [0.25, 0.3) is 22.0 Å². The van der Waals surface area contributed by atoms with E-state index in [9.17, 15) is 8.42 Å². The van der Waals surface area contributed by atoms with Gasteiger partial charge in [0.25, 0.3) is 10.0 Å². The van der Waals surface area contributed by atoms with Crippen LogP contribution in [0.15, 0.2) is 90.0 Å². The van der Waals surface area contributed by atoms with Crippen molar-refractivity contribution in [3.05, 3.63) is 85.1 Å². The van der Waals surface area contributed by atoms with E-state index in [0.717, 1.165) is 16.5 Å². The standard InChI is InChI=1S/C21H17NO3S/c1-25-17-12-13-21-19(14-17)20(16-8-4-2-5-9-16)15-22(21)26(23,24)18-10-6-3-7-11-18/h2-15H,1H3. The molecule has 5 heteroatoms. The van der Waals surface area contributed by atoms with Crippen LogP contribution in [0.2, 0.25) is 0 Å². The van der Waals surface area contributed by atoms with Crippen LogP contribution in [0, 0.1) is 0 Å². The lowest BCUT2D eigenvalue weighted by molar-refractivity contribution is 0.415. The van der Waals surface area contributed by atoms with Crippen molar-refractivity contribution in [1.29, 1.82) is 0 Å². The van der Waals surface area contributed by atoms with E-state index >= 15 is 0 Å². The van der Waals surface area contributed by atoms with Gasteiger partial charge in [0.2, 0.25) is 0 Å². The molecule has 0 aliphatic heterocycles. The fourth-order valence-corrected chi connectivity index (χ4v) is 4.45. The van der Waals surface area contributed by atoms with E-state index in [4.69, 9.17) is 4.74 Å². The third kappa shape index (κ3) is 2.66. The van der Waals surface area contributed by atoms with Gasteiger partial charge in [0, 0.05) is 17.1 Å². The number of hydrogen-bond donors (Lipinski definition) is 0. The van der Waals surface area contributed by atoms with Gasteiger partial charge in [-0.1, -0.05) is 48.5 Å². The predicted octanol–water partition coefficient (Wildman–Crippen LogP) is 4.55. The summed E-state index contributed by atoms with van der Waals surface area (Å²) in [6, 6.07) is 23.6. The first-order chi connectivity index (χ1) is 12.6. The van der Waals surface area contributed by atoms with Crippen LogP contribution in [0.5, 0.6) is 5.75 Å². The molecule has 0 saturated heterocycles. The Kier molecular flexibility index (Phi) is 4.01. The molecule has 3 aromatic carbocycles. The highest BCUT2D eigenvalue weighted by molar-refractivity contribution is 7.90. The Bertz CT molecular complexity index is 1160. The van der Waals surface area contributed by atoms with E-state index in [0.29, 0.717) is 11.3 Å². The number of methoxy groups -OCH3 is 1. The summed E-state index contributed by atoms with van der Waals surface area (Å²) in [6.07, 6.45) is 1.68. The molecule has 0 fully saturated rings. The topological polar surface area (TPSA) is 48.3 Å². The van der Waals surface area contributed by atoms with E-state index in [1.165, 1.54) is 3.97 Å². The van der Waals surface area contributed by atoms with Crippen LogP contribution >= 0.6 is 0 Å². The summed E-state index contributed by atoms with van der Waals surface area (Å²) in [7, 11) is -2.10. The highest BCUT2D eigenvalue weighted by atomic mass is 32.2. The van der Waals surface area contributed by atoms with Crippen LogP contribution in [0.4, 0.5) is 0 Å². The minimum Gasteiger partial charge on any atom is -0.497 e. The van der Waals surface area contributed by atoms with Crippen molar-refractivity contribution in [2.45, 2.75) is 4.90 Å². The maximum absolute atomic E-state index is 13.2. The minimum atomic E-state index is -3.70. The second-order valence-electron chi connectivity index (χ2n) is 5.91. The molecule has 4 nitrogen and oxygen atoms in total. The van der Waals surface area contributed by atoms with Gasteiger partial charge in [-0.25, -0.2) is 12.4 Å². The van der Waals surface area contributed by atoms with Crippen LogP contribution in [0.1, 0.15) is 0 Å². The Hall–Kier alpha value is -3.05. The highest BCUT2D eigenvalue weighted by Gasteiger charge is 2.21. The van der Waals surface area contributed by atoms with Gasteiger partial charge < -0.3 is 4.74 Å². The van der Waals surface area contributed by atoms with Crippen molar-refractivity contribution in [3.8, 4) is 16.9 Å². The van der Waals surface area contributed by atoms with Crippen molar-refractivity contribution in [3.63, 3.8) is 0 Å². The van der Waals surface area contributed by atoms with E-state index in [1.54, 1.807) is 55.8 Å². The van der Waals surface area contributed by atoms with Gasteiger partial charge in [0.15, 0.2) is 0 Å². The van der Waals surface area contributed by atoms with E-state index < -0.39 is 10.0 Å². The van der Waals surface area contributed by atoms with Crippen molar-refractivity contribution in [2.24, 2.45) is 0 Å². The molecular weight excluding hydrogens is 346 g/mol. The molecule has 0 bridgehead atoms. The van der Waals surface area contributed by atoms with Gasteiger partial charge >= 0.3 is 0 Å². The summed E-state index contributed by atoms with van der Waals surface area (Å²) in [4.78, 5) is 0.257. The number of nitrogens with zero attached hydrogens (tertiary/aromatic N) is 1. The van der Waals surface area contributed by atoms with E-state index in [1.807, 2.05) is 36.4 Å². The zero-order valence-electron chi connectivity index (χ0n) is 14.2. The maximum Gasteiger partial charge on any atom is 0.268 e. The molecule has 26 heavy (non-hydrogen) atoms. The minimum absolute atomic E-state index is 0.257. The molecule has 0 radical (unpaired) electrons. The van der Waals surface area contributed by atoms with Crippen LogP contribution in [-0.4, -0.2) is 19.5 Å². The van der Waals surface area contributed by atoms with Gasteiger partial charge in [-0.15, -0.1) is 0 Å². The van der Waals surface area contributed by atoms with Crippen LogP contribution in [0.3, 0.4) is 0 Å². The Morgan fingerprint density at radius 1 is 0.846 bits per heavy atom. The third-order valence-electron chi connectivity index (χ3n) is 4.36. The van der Waals surface area contributed by atoms with Crippen molar-refractivity contribution in [2.75, 3.05) is 7.11 Å². The number of aromatic nitrogens is 1. The van der Waals surface area contributed by atoms with Gasteiger partial charge in [-0.2, -0.15) is 0 Å². The van der Waals surface area contributed by atoms with Gasteiger partial charge in [-0.3, -0.25) is 0 Å². The summed E-state index contributed by atoms with van der Waals surface area (Å²) >= 11 is 0. The molecule has 0 amide bonds. The van der Waals surface area contributed by atoms with E-state index in [2.05, 4.69) is 0 Å². The monoisotopic (exact) mass is 363 g/mol. The number of ether oxygens (including phenoxy) is 1. The lowest BCUT2D eigenvalue weighted by Crippen LogP contribution is -2.11. The predicted molar refractivity (Wildman–Crippen MR) is 103 cm³/mol. The fraction of sp³-hybridized carbons (Fsp3) is 0.0476. The molecule has 0 N–H and O–H groups in total. The third-order valence-corrected chi connectivity index (χ3v) is 6.05. The Balaban J connectivity index is 2.03. The molecule has 0 spiro atoms. The normalized spacial score (nSPS) is 11.6. The first-order valence-corrected chi connectivity index (χ1v) is 9.60. The summed E-state index contributed by atoms with van der Waals surface area (Å²) in [5.74, 6) is 0.685. The van der Waals surface area contributed by atoms with Gasteiger partial charge in [0.05, 0.1) is 17.5 Å². The molecule has 0 saturated carbocycles. The zero-order valence-corrected chi connectivity index (χ0v) is 15.0. The first-order valence-electron chi connectivity index (χ1n) is 8.16. The van der Waals surface area contributed by atoms with Crippen molar-refractivity contribution < 1.29 is 13.2 Å². The molecule has 4 aromatic rings. The van der Waals surface area contributed by atoms with Gasteiger partial charge in [-0.05, 0) is 35.9 Å². The quantitative estimate of drug-likeness (QED) is 0.534. The molecule has 0 unspecified atom stereocenters. The highest BCUT2D eigenvalue weighted by Crippen LogP contribution is 2.35. The Morgan fingerprint density at radius 2 is 1.50 bits per heavy atom. The number of hydrogen-bond acceptors (Lipinski definition) is 3. The van der Waals surface area contributed by atoms with Crippen LogP contribution in [-0.2, 0) is 10.0 Å². The number of rotatable bonds is 4.